The van der Waals surface area contributed by atoms with Crippen molar-refractivity contribution in [2.24, 2.45) is 39.6 Å². The van der Waals surface area contributed by atoms with Gasteiger partial charge in [-0.25, -0.2) is 4.79 Å². The summed E-state index contributed by atoms with van der Waals surface area (Å²) in [4.78, 5) is 76.2. The van der Waals surface area contributed by atoms with Crippen LogP contribution in [0.5, 0.6) is 0 Å². The number of nitrogens with two attached hydrogens (primary N) is 5. The van der Waals surface area contributed by atoms with Crippen molar-refractivity contribution in [3.05, 3.63) is 0 Å². The van der Waals surface area contributed by atoms with E-state index in [2.05, 4.69) is 20.9 Å². The van der Waals surface area contributed by atoms with Gasteiger partial charge in [0.1, 0.15) is 18.1 Å². The number of hydrogen-bond acceptors (Lipinski definition) is 8. The highest BCUT2D eigenvalue weighted by Gasteiger charge is 2.32. The first-order valence-electron chi connectivity index (χ1n) is 11.7. The molecular formula is C21H39N9O7. The summed E-state index contributed by atoms with van der Waals surface area (Å²) in [6.07, 6.45) is -0.178. The van der Waals surface area contributed by atoms with Crippen molar-refractivity contribution >= 4 is 41.5 Å². The van der Waals surface area contributed by atoms with Crippen LogP contribution in [0, 0.1) is 5.92 Å². The lowest BCUT2D eigenvalue weighted by Gasteiger charge is -2.26. The molecular weight excluding hydrogens is 490 g/mol. The van der Waals surface area contributed by atoms with Crippen molar-refractivity contribution in [3.8, 4) is 0 Å². The van der Waals surface area contributed by atoms with Crippen LogP contribution >= 0.6 is 0 Å². The Morgan fingerprint density at radius 1 is 0.838 bits per heavy atom. The maximum Gasteiger partial charge on any atom is 0.326 e. The molecule has 5 atom stereocenters. The van der Waals surface area contributed by atoms with Gasteiger partial charge >= 0.3 is 5.97 Å². The van der Waals surface area contributed by atoms with E-state index in [-0.39, 0.29) is 38.2 Å². The number of nitrogens with one attached hydrogen (secondary N) is 3. The van der Waals surface area contributed by atoms with Gasteiger partial charge < -0.3 is 49.7 Å². The third-order valence-electron chi connectivity index (χ3n) is 5.43. The van der Waals surface area contributed by atoms with Crippen LogP contribution < -0.4 is 44.6 Å². The smallest absolute Gasteiger partial charge is 0.326 e. The Morgan fingerprint density at radius 2 is 1.41 bits per heavy atom. The van der Waals surface area contributed by atoms with Gasteiger partial charge in [-0.1, -0.05) is 20.3 Å². The van der Waals surface area contributed by atoms with Crippen molar-refractivity contribution in [3.63, 3.8) is 0 Å². The summed E-state index contributed by atoms with van der Waals surface area (Å²) in [5, 5.41) is 16.5. The highest BCUT2D eigenvalue weighted by Crippen LogP contribution is 2.09. The quantitative estimate of drug-likeness (QED) is 0.0472. The van der Waals surface area contributed by atoms with Crippen LogP contribution in [0.4, 0.5) is 0 Å². The Balaban J connectivity index is 5.67. The molecule has 0 aliphatic heterocycles. The number of primary amides is 2. The summed E-state index contributed by atoms with van der Waals surface area (Å²) in [6, 6.07) is -5.19. The Morgan fingerprint density at radius 3 is 1.89 bits per heavy atom. The SMILES string of the molecule is CCC(C)C(NC(=O)C(CC(N)=O)NC(=O)C(CCCN=C(N)N)NC(=O)C(N)CCC(N)=O)C(=O)O. The molecule has 0 aliphatic rings. The second-order valence-electron chi connectivity index (χ2n) is 8.56. The van der Waals surface area contributed by atoms with Gasteiger partial charge in [0.05, 0.1) is 12.5 Å². The topological polar surface area (TPSA) is 301 Å². The summed E-state index contributed by atoms with van der Waals surface area (Å²) in [5.74, 6) is -6.07. The minimum atomic E-state index is -1.52. The molecule has 16 heteroatoms. The normalized spacial score (nSPS) is 14.7. The molecule has 16 nitrogen and oxygen atoms in total. The third kappa shape index (κ3) is 13.6. The minimum Gasteiger partial charge on any atom is -0.480 e. The molecule has 0 aromatic heterocycles. The number of hydrogen-bond donors (Lipinski definition) is 9. The first kappa shape index (κ1) is 33.0. The molecule has 5 unspecified atom stereocenters. The number of nitrogens with zero attached hydrogens (tertiary/aromatic N) is 1. The van der Waals surface area contributed by atoms with Gasteiger partial charge in [-0.05, 0) is 25.2 Å². The Hall–Kier alpha value is -3.95. The van der Waals surface area contributed by atoms with Crippen LogP contribution in [0.2, 0.25) is 0 Å². The Labute approximate surface area is 214 Å². The van der Waals surface area contributed by atoms with Crippen molar-refractivity contribution in [1.82, 2.24) is 16.0 Å². The number of guanidine groups is 1. The fraction of sp³-hybridized carbons (Fsp3) is 0.667. The zero-order valence-electron chi connectivity index (χ0n) is 21.1. The van der Waals surface area contributed by atoms with Crippen LogP contribution in [-0.2, 0) is 28.8 Å². The van der Waals surface area contributed by atoms with E-state index >= 15 is 0 Å². The molecule has 5 amide bonds. The molecule has 0 aromatic rings. The predicted molar refractivity (Wildman–Crippen MR) is 133 cm³/mol. The highest BCUT2D eigenvalue weighted by molar-refractivity contribution is 5.96. The van der Waals surface area contributed by atoms with Crippen LogP contribution in [0.15, 0.2) is 4.99 Å². The monoisotopic (exact) mass is 529 g/mol. The largest absolute Gasteiger partial charge is 0.480 e. The average molecular weight is 530 g/mol. The molecule has 0 aliphatic carbocycles. The van der Waals surface area contributed by atoms with E-state index in [1.165, 1.54) is 0 Å². The summed E-state index contributed by atoms with van der Waals surface area (Å²) < 4.78 is 0. The fourth-order valence-corrected chi connectivity index (χ4v) is 3.10. The second-order valence-corrected chi connectivity index (χ2v) is 8.56. The van der Waals surface area contributed by atoms with Gasteiger partial charge in [-0.15, -0.1) is 0 Å². The van der Waals surface area contributed by atoms with Gasteiger partial charge in [0.15, 0.2) is 5.96 Å². The number of carboxylic acid groups (broad SMARTS) is 1. The minimum absolute atomic E-state index is 0.00637. The molecule has 0 aromatic carbocycles. The Kier molecular flexibility index (Phi) is 14.9. The molecule has 14 N–H and O–H groups in total. The van der Waals surface area contributed by atoms with E-state index in [4.69, 9.17) is 28.7 Å². The number of carboxylic acids is 1. The van der Waals surface area contributed by atoms with Crippen molar-refractivity contribution in [2.75, 3.05) is 6.54 Å². The lowest BCUT2D eigenvalue weighted by atomic mass is 9.98. The number of carbonyl (C=O) groups is 6. The lowest BCUT2D eigenvalue weighted by Crippen LogP contribution is -2.58. The Bertz CT molecular complexity index is 861. The van der Waals surface area contributed by atoms with Crippen molar-refractivity contribution < 1.29 is 33.9 Å². The fourth-order valence-electron chi connectivity index (χ4n) is 3.10. The second kappa shape index (κ2) is 16.7. The molecule has 0 saturated heterocycles. The first-order chi connectivity index (χ1) is 17.2. The van der Waals surface area contributed by atoms with Gasteiger partial charge in [0.25, 0.3) is 0 Å². The maximum absolute atomic E-state index is 13.0. The van der Waals surface area contributed by atoms with E-state index in [0.717, 1.165) is 0 Å². The van der Waals surface area contributed by atoms with Crippen LogP contribution in [-0.4, -0.2) is 77.3 Å². The first-order valence-corrected chi connectivity index (χ1v) is 11.7. The lowest BCUT2D eigenvalue weighted by molar-refractivity contribution is -0.144. The zero-order chi connectivity index (χ0) is 28.7. The van der Waals surface area contributed by atoms with E-state index in [9.17, 15) is 33.9 Å². The molecule has 0 bridgehead atoms. The van der Waals surface area contributed by atoms with E-state index < -0.39 is 72.0 Å². The predicted octanol–water partition coefficient (Wildman–Crippen LogP) is -3.91. The number of aliphatic carboxylic acids is 1. The van der Waals surface area contributed by atoms with Gasteiger partial charge in [0.2, 0.25) is 29.5 Å². The number of rotatable bonds is 18. The molecule has 0 radical (unpaired) electrons. The van der Waals surface area contributed by atoms with Gasteiger partial charge in [-0.3, -0.25) is 29.0 Å². The number of aliphatic imine (C=N–C) groups is 1. The van der Waals surface area contributed by atoms with Crippen LogP contribution in [0.3, 0.4) is 0 Å². The summed E-state index contributed by atoms with van der Waals surface area (Å²) in [5.41, 5.74) is 26.6. The van der Waals surface area contributed by atoms with Crippen molar-refractivity contribution in [1.29, 1.82) is 0 Å². The standard InChI is InChI=1S/C21H39N9O7/c1-3-10(2)16(20(36)37)30-19(35)13(9-15(24)32)29-18(34)12(5-4-8-27-21(25)26)28-17(33)11(22)6-7-14(23)31/h10-13,16H,3-9,22H2,1-2H3,(H2,23,31)(H2,24,32)(H,28,33)(H,29,34)(H,30,35)(H,36,37)(H4,25,26,27). The summed E-state index contributed by atoms with van der Waals surface area (Å²) >= 11 is 0. The number of carbonyl (C=O) groups excluding carboxylic acids is 5. The highest BCUT2D eigenvalue weighted by atomic mass is 16.4. The maximum atomic E-state index is 13.0. The molecule has 0 spiro atoms. The third-order valence-corrected chi connectivity index (χ3v) is 5.43. The zero-order valence-corrected chi connectivity index (χ0v) is 21.1. The van der Waals surface area contributed by atoms with Gasteiger partial charge in [0, 0.05) is 13.0 Å². The van der Waals surface area contributed by atoms with Crippen LogP contribution in [0.1, 0.15) is 52.4 Å². The summed E-state index contributed by atoms with van der Waals surface area (Å²) in [6.45, 7) is 3.47. The molecule has 0 saturated carbocycles. The van der Waals surface area contributed by atoms with Gasteiger partial charge in [-0.2, -0.15) is 0 Å². The average Bonchev–Trinajstić information content (AvgIpc) is 2.80. The molecule has 0 rings (SSSR count). The van der Waals surface area contributed by atoms with E-state index in [1.54, 1.807) is 13.8 Å². The molecule has 210 valence electrons. The summed E-state index contributed by atoms with van der Waals surface area (Å²) in [7, 11) is 0. The van der Waals surface area contributed by atoms with E-state index in [1.807, 2.05) is 0 Å². The number of amides is 5. The molecule has 37 heavy (non-hydrogen) atoms. The molecule has 0 heterocycles. The molecule has 0 fully saturated rings. The van der Waals surface area contributed by atoms with Crippen LogP contribution in [0.25, 0.3) is 0 Å². The van der Waals surface area contributed by atoms with E-state index in [0.29, 0.717) is 6.42 Å². The van der Waals surface area contributed by atoms with Crippen molar-refractivity contribution in [2.45, 2.75) is 76.5 Å².